The lowest BCUT2D eigenvalue weighted by Crippen LogP contribution is -2.41. The third-order valence-electron chi connectivity index (χ3n) is 3.66. The van der Waals surface area contributed by atoms with Crippen molar-refractivity contribution < 1.29 is 9.18 Å². The Bertz CT molecular complexity index is 561. The third-order valence-corrected chi connectivity index (χ3v) is 4.76. The summed E-state index contributed by atoms with van der Waals surface area (Å²) in [7, 11) is 0. The Labute approximate surface area is 153 Å². The molecule has 5 nitrogen and oxygen atoms in total. The van der Waals surface area contributed by atoms with Crippen LogP contribution < -0.4 is 16.0 Å². The van der Waals surface area contributed by atoms with Gasteiger partial charge in [0, 0.05) is 37.0 Å². The molecule has 0 spiro atoms. The topological polar surface area (TPSA) is 65.5 Å². The fourth-order valence-corrected chi connectivity index (χ4v) is 3.01. The van der Waals surface area contributed by atoms with Gasteiger partial charge in [-0.2, -0.15) is 0 Å². The lowest BCUT2D eigenvalue weighted by atomic mass is 10.4. The normalized spacial score (nSPS) is 14.2. The minimum absolute atomic E-state index is 0.168. The smallest absolute Gasteiger partial charge is 0.223 e. The van der Waals surface area contributed by atoms with Crippen molar-refractivity contribution in [3.63, 3.8) is 0 Å². The molecule has 0 radical (unpaired) electrons. The molecule has 1 aliphatic rings. The number of carbonyl (C=O) groups excluding carboxylic acids is 1. The molecular formula is C18H27FN4OS. The number of halogens is 1. The van der Waals surface area contributed by atoms with Crippen molar-refractivity contribution in [2.45, 2.75) is 31.1 Å². The number of hydrogen-bond donors (Lipinski definition) is 3. The van der Waals surface area contributed by atoms with Gasteiger partial charge in [-0.1, -0.05) is 0 Å². The monoisotopic (exact) mass is 366 g/mol. The number of carbonyl (C=O) groups is 1. The van der Waals surface area contributed by atoms with Crippen LogP contribution in [0.5, 0.6) is 0 Å². The van der Waals surface area contributed by atoms with E-state index in [-0.39, 0.29) is 17.6 Å². The van der Waals surface area contributed by atoms with Gasteiger partial charge in [0.25, 0.3) is 0 Å². The molecule has 1 amide bonds. The maximum Gasteiger partial charge on any atom is 0.223 e. The minimum atomic E-state index is -0.205. The first-order valence-electron chi connectivity index (χ1n) is 8.87. The van der Waals surface area contributed by atoms with Crippen molar-refractivity contribution in [1.82, 2.24) is 16.0 Å². The van der Waals surface area contributed by atoms with E-state index in [4.69, 9.17) is 0 Å². The van der Waals surface area contributed by atoms with Gasteiger partial charge in [0.15, 0.2) is 5.96 Å². The summed E-state index contributed by atoms with van der Waals surface area (Å²) in [5.74, 6) is 1.92. The first-order chi connectivity index (χ1) is 12.2. The van der Waals surface area contributed by atoms with E-state index in [2.05, 4.69) is 20.9 Å². The summed E-state index contributed by atoms with van der Waals surface area (Å²) in [4.78, 5) is 17.1. The molecule has 2 rings (SSSR count). The van der Waals surface area contributed by atoms with E-state index < -0.39 is 0 Å². The standard InChI is InChI=1S/C18H27FN4OS/c1-2-20-18(23-12-11-21-17(24)14-4-5-14)22-10-3-13-25-16-8-6-15(19)7-9-16/h6-9,14H,2-5,10-13H2,1H3,(H,21,24)(H2,20,22,23). The quantitative estimate of drug-likeness (QED) is 0.257. The number of guanidine groups is 1. The first-order valence-corrected chi connectivity index (χ1v) is 9.86. The molecule has 138 valence electrons. The molecule has 0 aliphatic heterocycles. The number of benzene rings is 1. The molecule has 1 aliphatic carbocycles. The van der Waals surface area contributed by atoms with Gasteiger partial charge in [0.1, 0.15) is 5.82 Å². The van der Waals surface area contributed by atoms with Gasteiger partial charge in [-0.05, 0) is 56.2 Å². The summed E-state index contributed by atoms with van der Waals surface area (Å²) in [6, 6.07) is 6.56. The molecule has 0 saturated heterocycles. The van der Waals surface area contributed by atoms with E-state index in [9.17, 15) is 9.18 Å². The Morgan fingerprint density at radius 3 is 2.60 bits per heavy atom. The number of nitrogens with zero attached hydrogens (tertiary/aromatic N) is 1. The largest absolute Gasteiger partial charge is 0.357 e. The molecule has 0 aromatic heterocycles. The van der Waals surface area contributed by atoms with Gasteiger partial charge in [0.05, 0.1) is 0 Å². The summed E-state index contributed by atoms with van der Waals surface area (Å²) in [6.45, 7) is 4.81. The summed E-state index contributed by atoms with van der Waals surface area (Å²) in [5, 5.41) is 9.35. The highest BCUT2D eigenvalue weighted by atomic mass is 32.2. The van der Waals surface area contributed by atoms with E-state index in [1.54, 1.807) is 23.9 Å². The van der Waals surface area contributed by atoms with Crippen molar-refractivity contribution in [3.8, 4) is 0 Å². The second-order valence-electron chi connectivity index (χ2n) is 5.91. The molecule has 0 atom stereocenters. The van der Waals surface area contributed by atoms with Crippen LogP contribution >= 0.6 is 11.8 Å². The Morgan fingerprint density at radius 1 is 1.20 bits per heavy atom. The molecule has 7 heteroatoms. The average Bonchev–Trinajstić information content (AvgIpc) is 3.45. The fraction of sp³-hybridized carbons (Fsp3) is 0.556. The van der Waals surface area contributed by atoms with Crippen LogP contribution in [0.4, 0.5) is 4.39 Å². The fourth-order valence-electron chi connectivity index (χ4n) is 2.17. The second kappa shape index (κ2) is 11.0. The lowest BCUT2D eigenvalue weighted by Gasteiger charge is -2.11. The Hall–Kier alpha value is -1.76. The highest BCUT2D eigenvalue weighted by Gasteiger charge is 2.28. The van der Waals surface area contributed by atoms with E-state index in [0.29, 0.717) is 13.1 Å². The van der Waals surface area contributed by atoms with Crippen LogP contribution in [0.2, 0.25) is 0 Å². The lowest BCUT2D eigenvalue weighted by molar-refractivity contribution is -0.122. The van der Waals surface area contributed by atoms with Gasteiger partial charge in [-0.3, -0.25) is 9.79 Å². The highest BCUT2D eigenvalue weighted by molar-refractivity contribution is 7.99. The van der Waals surface area contributed by atoms with E-state index in [1.807, 2.05) is 6.92 Å². The zero-order valence-corrected chi connectivity index (χ0v) is 15.5. The minimum Gasteiger partial charge on any atom is -0.357 e. The molecule has 1 aromatic carbocycles. The number of aliphatic imine (C=N–C) groups is 1. The van der Waals surface area contributed by atoms with Crippen molar-refractivity contribution in [3.05, 3.63) is 30.1 Å². The van der Waals surface area contributed by atoms with Crippen molar-refractivity contribution in [1.29, 1.82) is 0 Å². The molecule has 1 saturated carbocycles. The first kappa shape index (κ1) is 19.6. The van der Waals surface area contributed by atoms with E-state index >= 15 is 0 Å². The van der Waals surface area contributed by atoms with Crippen molar-refractivity contribution >= 4 is 23.6 Å². The molecule has 0 bridgehead atoms. The number of rotatable bonds is 10. The number of thioether (sulfide) groups is 1. The SMILES string of the molecule is CCNC(=NCCCSc1ccc(F)cc1)NCCNC(=O)C1CC1. The second-order valence-corrected chi connectivity index (χ2v) is 7.08. The Morgan fingerprint density at radius 2 is 1.92 bits per heavy atom. The molecular weight excluding hydrogens is 339 g/mol. The Kier molecular flexibility index (Phi) is 8.59. The zero-order chi connectivity index (χ0) is 17.9. The van der Waals surface area contributed by atoms with Gasteiger partial charge in [-0.25, -0.2) is 4.39 Å². The summed E-state index contributed by atoms with van der Waals surface area (Å²) in [6.07, 6.45) is 3.00. The predicted molar refractivity (Wildman–Crippen MR) is 101 cm³/mol. The van der Waals surface area contributed by atoms with Crippen LogP contribution in [0.1, 0.15) is 26.2 Å². The van der Waals surface area contributed by atoms with Gasteiger partial charge in [0.2, 0.25) is 5.91 Å². The van der Waals surface area contributed by atoms with Crippen LogP contribution in [0.25, 0.3) is 0 Å². The highest BCUT2D eigenvalue weighted by Crippen LogP contribution is 2.28. The molecule has 0 heterocycles. The summed E-state index contributed by atoms with van der Waals surface area (Å²) >= 11 is 1.70. The third kappa shape index (κ3) is 8.25. The number of amides is 1. The maximum atomic E-state index is 12.8. The van der Waals surface area contributed by atoms with Crippen LogP contribution in [-0.2, 0) is 4.79 Å². The molecule has 3 N–H and O–H groups in total. The molecule has 0 unspecified atom stereocenters. The van der Waals surface area contributed by atoms with Gasteiger partial charge < -0.3 is 16.0 Å². The van der Waals surface area contributed by atoms with Crippen LogP contribution in [0.15, 0.2) is 34.2 Å². The van der Waals surface area contributed by atoms with Crippen LogP contribution in [0, 0.1) is 11.7 Å². The van der Waals surface area contributed by atoms with Crippen molar-refractivity contribution in [2.24, 2.45) is 10.9 Å². The van der Waals surface area contributed by atoms with Gasteiger partial charge >= 0.3 is 0 Å². The number of nitrogens with one attached hydrogen (secondary N) is 3. The molecule has 25 heavy (non-hydrogen) atoms. The van der Waals surface area contributed by atoms with Crippen LogP contribution in [0.3, 0.4) is 0 Å². The summed E-state index contributed by atoms with van der Waals surface area (Å²) < 4.78 is 12.8. The summed E-state index contributed by atoms with van der Waals surface area (Å²) in [5.41, 5.74) is 0. The molecule has 1 fully saturated rings. The average molecular weight is 367 g/mol. The number of hydrogen-bond acceptors (Lipinski definition) is 3. The predicted octanol–water partition coefficient (Wildman–Crippen LogP) is 2.39. The van der Waals surface area contributed by atoms with Gasteiger partial charge in [-0.15, -0.1) is 11.8 Å². The maximum absolute atomic E-state index is 12.8. The zero-order valence-electron chi connectivity index (χ0n) is 14.7. The molecule has 1 aromatic rings. The van der Waals surface area contributed by atoms with Crippen molar-refractivity contribution in [2.75, 3.05) is 31.9 Å². The Balaban J connectivity index is 1.59. The van der Waals surface area contributed by atoms with Crippen LogP contribution in [-0.4, -0.2) is 43.8 Å². The van der Waals surface area contributed by atoms with E-state index in [1.165, 1.54) is 12.1 Å². The van der Waals surface area contributed by atoms with E-state index in [0.717, 1.165) is 49.0 Å².